The van der Waals surface area contributed by atoms with Gasteiger partial charge in [-0.2, -0.15) is 5.26 Å². The fourth-order valence-corrected chi connectivity index (χ4v) is 4.11. The van der Waals surface area contributed by atoms with Gasteiger partial charge in [0.2, 0.25) is 0 Å². The number of non-ortho nitro benzene ring substituents is 1. The highest BCUT2D eigenvalue weighted by Gasteiger charge is 2.16. The maximum atomic E-state index is 12.6. The number of hydrogen-bond donors (Lipinski definition) is 1. The van der Waals surface area contributed by atoms with E-state index < -0.39 is 10.8 Å². The summed E-state index contributed by atoms with van der Waals surface area (Å²) < 4.78 is 12.0. The normalized spacial score (nSPS) is 10.9. The van der Waals surface area contributed by atoms with E-state index in [4.69, 9.17) is 32.7 Å². The monoisotopic (exact) mass is 623 g/mol. The molecule has 3 aromatic rings. The zero-order chi connectivity index (χ0) is 25.5. The maximum Gasteiger partial charge on any atom is 0.269 e. The molecule has 3 rings (SSSR count). The Morgan fingerprint density at radius 1 is 1.23 bits per heavy atom. The van der Waals surface area contributed by atoms with Crippen molar-refractivity contribution in [3.8, 4) is 17.6 Å². The number of nitrogens with one attached hydrogen (secondary N) is 1. The molecule has 0 unspecified atom stereocenters. The van der Waals surface area contributed by atoms with E-state index in [1.165, 1.54) is 25.3 Å². The minimum atomic E-state index is -0.656. The third kappa shape index (κ3) is 6.63. The number of carbonyl (C=O) groups excluding carboxylic acids is 1. The number of nitrogens with zero attached hydrogens (tertiary/aromatic N) is 2. The van der Waals surface area contributed by atoms with Gasteiger partial charge in [-0.25, -0.2) is 0 Å². The van der Waals surface area contributed by atoms with Crippen molar-refractivity contribution in [3.63, 3.8) is 0 Å². The summed E-state index contributed by atoms with van der Waals surface area (Å²) in [5, 5.41) is 23.5. The summed E-state index contributed by atoms with van der Waals surface area (Å²) in [7, 11) is 1.46. The molecular formula is C24H16Cl2IN3O5. The molecule has 178 valence electrons. The molecule has 1 amide bonds. The lowest BCUT2D eigenvalue weighted by Crippen LogP contribution is -2.13. The second kappa shape index (κ2) is 11.9. The summed E-state index contributed by atoms with van der Waals surface area (Å²) in [5.74, 6) is 0.131. The average molecular weight is 624 g/mol. The molecule has 0 heterocycles. The van der Waals surface area contributed by atoms with Gasteiger partial charge in [0.25, 0.3) is 11.6 Å². The molecule has 11 heteroatoms. The number of halogens is 3. The van der Waals surface area contributed by atoms with Gasteiger partial charge in [0.05, 0.1) is 31.3 Å². The van der Waals surface area contributed by atoms with Crippen LogP contribution in [0.5, 0.6) is 11.5 Å². The molecule has 8 nitrogen and oxygen atoms in total. The summed E-state index contributed by atoms with van der Waals surface area (Å²) in [4.78, 5) is 23.2. The smallest absolute Gasteiger partial charge is 0.269 e. The Kier molecular flexibility index (Phi) is 8.92. The van der Waals surface area contributed by atoms with Gasteiger partial charge in [-0.3, -0.25) is 14.9 Å². The van der Waals surface area contributed by atoms with E-state index in [1.807, 2.05) is 28.7 Å². The van der Waals surface area contributed by atoms with Crippen molar-refractivity contribution < 1.29 is 19.2 Å². The van der Waals surface area contributed by atoms with Crippen molar-refractivity contribution in [3.05, 3.63) is 95.0 Å². The highest BCUT2D eigenvalue weighted by Crippen LogP contribution is 2.35. The van der Waals surface area contributed by atoms with Crippen LogP contribution in [0.1, 0.15) is 11.1 Å². The number of carbonyl (C=O) groups is 1. The molecule has 0 aliphatic heterocycles. The maximum absolute atomic E-state index is 12.6. The lowest BCUT2D eigenvalue weighted by molar-refractivity contribution is -0.384. The molecule has 3 aromatic carbocycles. The number of amides is 1. The molecule has 0 saturated heterocycles. The molecular weight excluding hydrogens is 608 g/mol. The summed E-state index contributed by atoms with van der Waals surface area (Å²) in [6, 6.07) is 16.1. The highest BCUT2D eigenvalue weighted by molar-refractivity contribution is 14.1. The topological polar surface area (TPSA) is 114 Å². The Hall–Kier alpha value is -3.33. The molecule has 0 aliphatic rings. The Labute approximate surface area is 224 Å². The van der Waals surface area contributed by atoms with Crippen molar-refractivity contribution in [1.29, 1.82) is 5.26 Å². The zero-order valence-corrected chi connectivity index (χ0v) is 21.7. The Morgan fingerprint density at radius 2 is 1.97 bits per heavy atom. The second-order valence-corrected chi connectivity index (χ2v) is 8.92. The van der Waals surface area contributed by atoms with Crippen LogP contribution in [0, 0.1) is 25.0 Å². The summed E-state index contributed by atoms with van der Waals surface area (Å²) in [6.45, 7) is 0.0788. The Morgan fingerprint density at radius 3 is 2.66 bits per heavy atom. The van der Waals surface area contributed by atoms with Gasteiger partial charge in [0.15, 0.2) is 11.5 Å². The lowest BCUT2D eigenvalue weighted by Gasteiger charge is -2.14. The largest absolute Gasteiger partial charge is 0.493 e. The Bertz CT molecular complexity index is 1370. The molecule has 0 saturated carbocycles. The standard InChI is InChI=1S/C24H16Cl2IN3O5/c1-34-21-11-15(8-16(12-28)24(31)29-20-7-3-6-18(25)22(20)26)10-19(27)23(21)35-13-14-4-2-5-17(9-14)30(32)33/h2-11H,13H2,1H3,(H,29,31)/b16-8-. The van der Waals surface area contributed by atoms with Gasteiger partial charge in [-0.05, 0) is 64.1 Å². The molecule has 0 aliphatic carbocycles. The molecule has 0 fully saturated rings. The van der Waals surface area contributed by atoms with Crippen LogP contribution in [0.3, 0.4) is 0 Å². The SMILES string of the molecule is COc1cc(/C=C(/C#N)C(=O)Nc2cccc(Cl)c2Cl)cc(I)c1OCc1cccc([N+](=O)[O-])c1. The number of anilines is 1. The van der Waals surface area contributed by atoms with Crippen molar-refractivity contribution in [2.24, 2.45) is 0 Å². The zero-order valence-electron chi connectivity index (χ0n) is 18.1. The predicted octanol–water partition coefficient (Wildman–Crippen LogP) is 6.64. The fourth-order valence-electron chi connectivity index (χ4n) is 2.98. The fraction of sp³-hybridized carbons (Fsp3) is 0.0833. The third-order valence-corrected chi connectivity index (χ3v) is 6.25. The molecule has 1 N–H and O–H groups in total. The van der Waals surface area contributed by atoms with Crippen LogP contribution in [0.2, 0.25) is 10.0 Å². The number of rotatable bonds is 8. The van der Waals surface area contributed by atoms with Gasteiger partial charge in [-0.15, -0.1) is 0 Å². The predicted molar refractivity (Wildman–Crippen MR) is 142 cm³/mol. The number of nitro groups is 1. The van der Waals surface area contributed by atoms with Gasteiger partial charge in [0, 0.05) is 12.1 Å². The molecule has 0 atom stereocenters. The van der Waals surface area contributed by atoms with Crippen LogP contribution in [0.4, 0.5) is 11.4 Å². The van der Waals surface area contributed by atoms with Crippen LogP contribution in [0.15, 0.2) is 60.2 Å². The van der Waals surface area contributed by atoms with Crippen molar-refractivity contribution in [2.45, 2.75) is 6.61 Å². The van der Waals surface area contributed by atoms with Gasteiger partial charge in [0.1, 0.15) is 18.2 Å². The van der Waals surface area contributed by atoms with E-state index in [1.54, 1.807) is 42.5 Å². The minimum absolute atomic E-state index is 0.0328. The number of nitro benzene ring substituents is 1. The number of benzene rings is 3. The first kappa shape index (κ1) is 26.3. The van der Waals surface area contributed by atoms with Crippen molar-refractivity contribution in [1.82, 2.24) is 0 Å². The summed E-state index contributed by atoms with van der Waals surface area (Å²) in [5.41, 5.74) is 1.23. The third-order valence-electron chi connectivity index (χ3n) is 4.63. The molecule has 35 heavy (non-hydrogen) atoms. The van der Waals surface area contributed by atoms with Gasteiger partial charge in [-0.1, -0.05) is 41.4 Å². The van der Waals surface area contributed by atoms with E-state index >= 15 is 0 Å². The quantitative estimate of drug-likeness (QED) is 0.0989. The second-order valence-electron chi connectivity index (χ2n) is 6.98. The average Bonchev–Trinajstić information content (AvgIpc) is 2.84. The van der Waals surface area contributed by atoms with Crippen LogP contribution in [0.25, 0.3) is 6.08 Å². The number of nitriles is 1. The first-order valence-corrected chi connectivity index (χ1v) is 11.7. The molecule has 0 radical (unpaired) electrons. The van der Waals surface area contributed by atoms with E-state index in [-0.39, 0.29) is 33.6 Å². The first-order valence-electron chi connectivity index (χ1n) is 9.84. The summed E-state index contributed by atoms with van der Waals surface area (Å²) >= 11 is 14.1. The van der Waals surface area contributed by atoms with Crippen LogP contribution < -0.4 is 14.8 Å². The molecule has 0 aromatic heterocycles. The van der Waals surface area contributed by atoms with E-state index in [2.05, 4.69) is 5.32 Å². The van der Waals surface area contributed by atoms with Crippen LogP contribution >= 0.6 is 45.8 Å². The summed E-state index contributed by atoms with van der Waals surface area (Å²) in [6.07, 6.45) is 1.41. The van der Waals surface area contributed by atoms with Crippen LogP contribution in [-0.4, -0.2) is 17.9 Å². The molecule has 0 spiro atoms. The van der Waals surface area contributed by atoms with Crippen molar-refractivity contribution >= 4 is 69.2 Å². The van der Waals surface area contributed by atoms with E-state index in [0.29, 0.717) is 26.2 Å². The van der Waals surface area contributed by atoms with E-state index in [0.717, 1.165) is 0 Å². The van der Waals surface area contributed by atoms with Crippen molar-refractivity contribution in [2.75, 3.05) is 12.4 Å². The molecule has 0 bridgehead atoms. The number of hydrogen-bond acceptors (Lipinski definition) is 6. The van der Waals surface area contributed by atoms with E-state index in [9.17, 15) is 20.2 Å². The number of ether oxygens (including phenoxy) is 2. The van der Waals surface area contributed by atoms with Gasteiger partial charge >= 0.3 is 0 Å². The van der Waals surface area contributed by atoms with Gasteiger partial charge < -0.3 is 14.8 Å². The highest BCUT2D eigenvalue weighted by atomic mass is 127. The number of methoxy groups -OCH3 is 1. The first-order chi connectivity index (χ1) is 16.7. The van der Waals surface area contributed by atoms with Crippen LogP contribution in [-0.2, 0) is 11.4 Å². The minimum Gasteiger partial charge on any atom is -0.493 e. The lowest BCUT2D eigenvalue weighted by atomic mass is 10.1. The Balaban J connectivity index is 1.83.